The monoisotopic (exact) mass is 1980 g/mol. The second kappa shape index (κ2) is 42.2. The smallest absolute Gasteiger partial charge is 0.343 e. The van der Waals surface area contributed by atoms with Crippen molar-refractivity contribution in [1.82, 2.24) is 0 Å². The summed E-state index contributed by atoms with van der Waals surface area (Å²) in [7, 11) is 0. The molecule has 14 aromatic carbocycles. The number of fused-ring (bicyclic) bond motifs is 16. The van der Waals surface area contributed by atoms with Crippen LogP contribution in [0.1, 0.15) is 362 Å². The van der Waals surface area contributed by atoms with Crippen molar-refractivity contribution in [1.29, 1.82) is 0 Å². The van der Waals surface area contributed by atoms with Gasteiger partial charge in [0.25, 0.3) is 0 Å². The topological polar surface area (TPSA) is 193 Å². The van der Waals surface area contributed by atoms with Crippen molar-refractivity contribution in [2.24, 2.45) is 0 Å². The van der Waals surface area contributed by atoms with Crippen molar-refractivity contribution in [3.05, 3.63) is 446 Å². The molecule has 0 aliphatic heterocycles. The molecule has 2 aliphatic carbocycles. The van der Waals surface area contributed by atoms with Gasteiger partial charge in [-0.15, -0.1) is 0 Å². The van der Waals surface area contributed by atoms with Gasteiger partial charge in [0.2, 0.25) is 5.78 Å². The lowest BCUT2D eigenvalue weighted by Crippen LogP contribution is -2.23. The summed E-state index contributed by atoms with van der Waals surface area (Å²) in [5, 5.41) is 0. The quantitative estimate of drug-likeness (QED) is 0.0581. The van der Waals surface area contributed by atoms with Crippen molar-refractivity contribution in [3.8, 4) is 46.0 Å². The van der Waals surface area contributed by atoms with E-state index in [1.165, 1.54) is 0 Å². The highest BCUT2D eigenvalue weighted by Gasteiger charge is 2.37. The molecular formula is C133H138O15. The Balaban J connectivity index is 0.928. The van der Waals surface area contributed by atoms with Gasteiger partial charge in [-0.05, 0) is 183 Å². The van der Waals surface area contributed by atoms with Gasteiger partial charge in [0.05, 0.1) is 33.4 Å². The molecule has 16 bridgehead atoms. The molecule has 0 saturated carbocycles. The number of hydrogen-bond acceptors (Lipinski definition) is 15. The highest BCUT2D eigenvalue weighted by Crippen LogP contribution is 2.50. The fraction of sp³-hybridized carbons (Fsp3) is 0.316. The van der Waals surface area contributed by atoms with E-state index in [4.69, 9.17) is 37.9 Å². The van der Waals surface area contributed by atoms with Crippen LogP contribution in [-0.4, -0.2) is 54.8 Å². The third-order valence-electron chi connectivity index (χ3n) is 27.9. The Morgan fingerprint density at radius 1 is 0.169 bits per heavy atom. The summed E-state index contributed by atoms with van der Waals surface area (Å²) in [5.41, 5.74) is 14.9. The average molecular weight is 1980 g/mol. The number of esters is 6. The molecule has 0 fully saturated rings. The van der Waals surface area contributed by atoms with Crippen molar-refractivity contribution in [2.45, 2.75) is 261 Å². The highest BCUT2D eigenvalue weighted by molar-refractivity contribution is 5.96. The van der Waals surface area contributed by atoms with Gasteiger partial charge in [-0.3, -0.25) is 4.79 Å². The lowest BCUT2D eigenvalue weighted by atomic mass is 9.79. The molecule has 760 valence electrons. The number of Topliss-reactive ketones (excluding diaryl/α,β-unsaturated/α-hetero) is 1. The molecule has 2 aliphatic rings. The maximum absolute atomic E-state index is 16.5. The van der Waals surface area contributed by atoms with Gasteiger partial charge < -0.3 is 37.9 Å². The van der Waals surface area contributed by atoms with Gasteiger partial charge in [-0.2, -0.15) is 0 Å². The van der Waals surface area contributed by atoms with Crippen molar-refractivity contribution >= 4 is 41.6 Å². The number of carbonyl (C=O) groups is 7. The van der Waals surface area contributed by atoms with E-state index in [2.05, 4.69) is 263 Å². The van der Waals surface area contributed by atoms with Gasteiger partial charge in [0.1, 0.15) is 46.0 Å². The third-order valence-corrected chi connectivity index (χ3v) is 27.9. The summed E-state index contributed by atoms with van der Waals surface area (Å²) in [4.78, 5) is 109. The molecule has 0 amide bonds. The van der Waals surface area contributed by atoms with E-state index >= 15 is 33.6 Å². The fourth-order valence-electron chi connectivity index (χ4n) is 19.1. The van der Waals surface area contributed by atoms with Crippen LogP contribution in [0.3, 0.4) is 0 Å². The van der Waals surface area contributed by atoms with E-state index in [0.717, 1.165) is 44.5 Å². The maximum atomic E-state index is 16.5. The van der Waals surface area contributed by atoms with E-state index in [-0.39, 0.29) is 74.4 Å². The van der Waals surface area contributed by atoms with Crippen LogP contribution < -0.4 is 37.9 Å². The zero-order chi connectivity index (χ0) is 106. The summed E-state index contributed by atoms with van der Waals surface area (Å²) in [6.07, 6.45) is 0.509. The zero-order valence-corrected chi connectivity index (χ0v) is 90.3. The van der Waals surface area contributed by atoms with E-state index in [1.54, 1.807) is 146 Å². The Labute approximate surface area is 873 Å². The normalized spacial score (nSPS) is 13.0. The standard InChI is InChI=1S/C133H138O15/c1-126(2,3)103-63-87-55-91-67-105(128(7,8)9)71-95(114(91)143-120(135)81-43-31-25-32-44-81)59-99-75-109(132(19,20)21)76-100(118(99)147-124(139)85-51-39-29-40-52-85)60-96-72-106(129(10,11)12)68-92(115(96)144-121(136)82-45-33-26-34-46-82)56-88(64-103)112(87)141-79-111(134)80-142-113-89-57-93-69-107(130(13,14)15)73-97(116(93)145-122(137)83-47-35-27-36-48-83)61-101-77-110(133(22,23)24)78-102(119(101)148-125(140)86-53-41-30-42-54-86)62-98-74-108(131(16,17)18)70-94(58-90(113)66-104(65-89)127(4,5)6)117(98)146-123(138)84-49-37-28-38-50-84/h25-54,63-78H,55-62,79-80H2,1-24H3. The van der Waals surface area contributed by atoms with Crippen molar-refractivity contribution in [2.75, 3.05) is 13.2 Å². The Kier molecular flexibility index (Phi) is 30.2. The third kappa shape index (κ3) is 24.8. The Morgan fingerprint density at radius 3 is 0.385 bits per heavy atom. The highest BCUT2D eigenvalue weighted by atomic mass is 16.6. The number of ether oxygens (including phenoxy) is 8. The number of benzene rings is 14. The molecule has 14 aromatic rings. The first-order valence-electron chi connectivity index (χ1n) is 51.4. The SMILES string of the molecule is CC(C)(C)c1cc2c(OCC(=O)COc3c4cc(C(C)(C)C)cc3Cc3cc(C(C)(C)C)cc(c3OC(=O)c3ccccc3)Cc3cc(C(C)(C)C)cc(c3OC(=O)c3ccccc3)Cc3cc(C(C)(C)C)cc(c3OC(=O)c3ccccc3)C4)c(c1)Cc1cc(C(C)(C)C)cc(c1OC(=O)c1ccccc1)Cc1cc(C(C)(C)C)cc(c1OC(=O)c1ccccc1)Cc1cc(C(C)(C)C)cc(c1OC(=O)c1ccccc1)C2. The molecule has 16 rings (SSSR count). The van der Waals surface area contributed by atoms with Gasteiger partial charge in [0.15, 0.2) is 13.2 Å². The molecule has 0 unspecified atom stereocenters. The van der Waals surface area contributed by atoms with E-state index in [9.17, 15) is 0 Å². The number of hydrogen-bond donors (Lipinski definition) is 0. The largest absolute Gasteiger partial charge is 0.485 e. The first-order chi connectivity index (χ1) is 69.7. The molecule has 0 aromatic heterocycles. The minimum absolute atomic E-state index is 0.0542. The first-order valence-corrected chi connectivity index (χ1v) is 51.4. The number of carbonyl (C=O) groups excluding carboxylic acids is 7. The second-order valence-electron chi connectivity index (χ2n) is 48.1. The van der Waals surface area contributed by atoms with Crippen LogP contribution >= 0.6 is 0 Å². The first kappa shape index (κ1) is 106. The van der Waals surface area contributed by atoms with Crippen LogP contribution in [-0.2, 0) is 99.5 Å². The van der Waals surface area contributed by atoms with E-state index < -0.39 is 98.1 Å². The minimum atomic E-state index is -0.605. The van der Waals surface area contributed by atoms with Crippen molar-refractivity contribution < 1.29 is 71.5 Å². The fourth-order valence-corrected chi connectivity index (χ4v) is 19.1. The van der Waals surface area contributed by atoms with Crippen LogP contribution in [0, 0.1) is 0 Å². The van der Waals surface area contributed by atoms with Crippen molar-refractivity contribution in [3.63, 3.8) is 0 Å². The lowest BCUT2D eigenvalue weighted by Gasteiger charge is -2.29. The van der Waals surface area contributed by atoms with Gasteiger partial charge >= 0.3 is 35.8 Å². The Bertz CT molecular complexity index is 6640. The van der Waals surface area contributed by atoms with Crippen LogP contribution in [0.2, 0.25) is 0 Å². The number of rotatable bonds is 18. The van der Waals surface area contributed by atoms with Gasteiger partial charge in [-0.1, -0.05) is 372 Å². The molecule has 15 nitrogen and oxygen atoms in total. The van der Waals surface area contributed by atoms with E-state index in [0.29, 0.717) is 145 Å². The van der Waals surface area contributed by atoms with Gasteiger partial charge in [0, 0.05) is 118 Å². The molecule has 0 spiro atoms. The summed E-state index contributed by atoms with van der Waals surface area (Å²) < 4.78 is 57.2. The average Bonchev–Trinajstić information content (AvgIpc) is 0.754. The van der Waals surface area contributed by atoms with Crippen LogP contribution in [0.25, 0.3) is 0 Å². The summed E-state index contributed by atoms with van der Waals surface area (Å²) >= 11 is 0. The molecule has 0 N–H and O–H groups in total. The molecule has 0 radical (unpaired) electrons. The summed E-state index contributed by atoms with van der Waals surface area (Å²) in [6, 6.07) is 87.0. The van der Waals surface area contributed by atoms with E-state index in [1.807, 2.05) is 36.4 Å². The minimum Gasteiger partial charge on any atom is -0.485 e. The van der Waals surface area contributed by atoms with Gasteiger partial charge in [-0.25, -0.2) is 28.8 Å². The molecule has 0 atom stereocenters. The molecule has 0 saturated heterocycles. The zero-order valence-electron chi connectivity index (χ0n) is 90.3. The number of ketones is 1. The molecule has 148 heavy (non-hydrogen) atoms. The summed E-state index contributed by atoms with van der Waals surface area (Å²) in [5.74, 6) is -1.66. The van der Waals surface area contributed by atoms with Crippen LogP contribution in [0.15, 0.2) is 279 Å². The Hall–Kier alpha value is -14.8. The predicted octanol–water partition coefficient (Wildman–Crippen LogP) is 29.8. The van der Waals surface area contributed by atoms with Crippen LogP contribution in [0.4, 0.5) is 0 Å². The maximum Gasteiger partial charge on any atom is 0.343 e. The summed E-state index contributed by atoms with van der Waals surface area (Å²) in [6.45, 7) is 50.4. The van der Waals surface area contributed by atoms with Crippen LogP contribution in [0.5, 0.6) is 46.0 Å². The molecule has 15 heteroatoms. The Morgan fingerprint density at radius 2 is 0.277 bits per heavy atom. The lowest BCUT2D eigenvalue weighted by molar-refractivity contribution is -0.123. The molecule has 0 heterocycles. The second-order valence-corrected chi connectivity index (χ2v) is 48.1. The molecular weight excluding hydrogens is 1840 g/mol. The predicted molar refractivity (Wildman–Crippen MR) is 588 cm³/mol.